The molecule has 0 amide bonds. The Balaban J connectivity index is 2.31. The molecule has 0 N–H and O–H groups in total. The SMILES string of the molecule is CC(c1ccccc1)(C(Br)Br)C1CCCCC1. The molecule has 1 aromatic carbocycles. The molecule has 17 heavy (non-hydrogen) atoms. The molecule has 2 rings (SSSR count). The van der Waals surface area contributed by atoms with Gasteiger partial charge in [0.25, 0.3) is 0 Å². The largest absolute Gasteiger partial charge is 0.0794 e. The lowest BCUT2D eigenvalue weighted by Crippen LogP contribution is -2.38. The van der Waals surface area contributed by atoms with Crippen molar-refractivity contribution in [3.63, 3.8) is 0 Å². The smallest absolute Gasteiger partial charge is 0.0755 e. The van der Waals surface area contributed by atoms with E-state index in [0.29, 0.717) is 3.74 Å². The summed E-state index contributed by atoms with van der Waals surface area (Å²) in [7, 11) is 0. The average Bonchev–Trinajstić information content (AvgIpc) is 2.39. The van der Waals surface area contributed by atoms with Crippen LogP contribution in [0, 0.1) is 5.92 Å². The lowest BCUT2D eigenvalue weighted by molar-refractivity contribution is 0.236. The van der Waals surface area contributed by atoms with Crippen LogP contribution in [-0.2, 0) is 5.41 Å². The normalized spacial score (nSPS) is 21.4. The van der Waals surface area contributed by atoms with Gasteiger partial charge in [-0.2, -0.15) is 0 Å². The van der Waals surface area contributed by atoms with Crippen molar-refractivity contribution < 1.29 is 0 Å². The summed E-state index contributed by atoms with van der Waals surface area (Å²) in [5.41, 5.74) is 1.65. The first-order valence-electron chi connectivity index (χ1n) is 6.49. The molecule has 0 heterocycles. The monoisotopic (exact) mass is 358 g/mol. The van der Waals surface area contributed by atoms with Gasteiger partial charge >= 0.3 is 0 Å². The standard InChI is InChI=1S/C15H20Br2/c1-15(14(16)17,12-8-4-2-5-9-12)13-10-6-3-7-11-13/h2,4-5,8-9,13-14H,3,6-7,10-11H2,1H3. The second-order valence-corrected chi connectivity index (χ2v) is 8.34. The van der Waals surface area contributed by atoms with Gasteiger partial charge in [-0.1, -0.05) is 88.4 Å². The first-order valence-corrected chi connectivity index (χ1v) is 8.32. The summed E-state index contributed by atoms with van der Waals surface area (Å²) in [6.45, 7) is 2.40. The average molecular weight is 360 g/mol. The van der Waals surface area contributed by atoms with Crippen LogP contribution < -0.4 is 0 Å². The molecule has 94 valence electrons. The molecule has 0 spiro atoms. The van der Waals surface area contributed by atoms with Crippen molar-refractivity contribution in [2.24, 2.45) is 5.92 Å². The fraction of sp³-hybridized carbons (Fsp3) is 0.600. The van der Waals surface area contributed by atoms with Crippen LogP contribution in [0.4, 0.5) is 0 Å². The maximum absolute atomic E-state index is 3.79. The zero-order valence-corrected chi connectivity index (χ0v) is 13.5. The van der Waals surface area contributed by atoms with Gasteiger partial charge in [0.1, 0.15) is 0 Å². The van der Waals surface area contributed by atoms with Crippen LogP contribution in [0.15, 0.2) is 30.3 Å². The summed E-state index contributed by atoms with van der Waals surface area (Å²) in [6.07, 6.45) is 6.91. The van der Waals surface area contributed by atoms with Gasteiger partial charge in [0.05, 0.1) is 3.74 Å². The predicted molar refractivity (Wildman–Crippen MR) is 82.0 cm³/mol. The van der Waals surface area contributed by atoms with E-state index in [1.165, 1.54) is 37.7 Å². The van der Waals surface area contributed by atoms with Crippen molar-refractivity contribution in [2.75, 3.05) is 0 Å². The molecule has 2 heteroatoms. The first kappa shape index (κ1) is 13.6. The quantitative estimate of drug-likeness (QED) is 0.612. The Kier molecular flexibility index (Phi) is 4.71. The molecular weight excluding hydrogens is 340 g/mol. The van der Waals surface area contributed by atoms with Crippen LogP contribution in [0.5, 0.6) is 0 Å². The number of hydrogen-bond donors (Lipinski definition) is 0. The van der Waals surface area contributed by atoms with Gasteiger partial charge in [-0.3, -0.25) is 0 Å². The Labute approximate surface area is 121 Å². The summed E-state index contributed by atoms with van der Waals surface area (Å²) >= 11 is 7.57. The first-order chi connectivity index (χ1) is 8.15. The molecule has 0 nitrogen and oxygen atoms in total. The highest BCUT2D eigenvalue weighted by Crippen LogP contribution is 2.47. The molecule has 0 aromatic heterocycles. The van der Waals surface area contributed by atoms with Crippen molar-refractivity contribution in [1.29, 1.82) is 0 Å². The van der Waals surface area contributed by atoms with Gasteiger partial charge in [0.15, 0.2) is 0 Å². The third-order valence-corrected chi connectivity index (χ3v) is 6.20. The minimum Gasteiger partial charge on any atom is -0.0755 e. The lowest BCUT2D eigenvalue weighted by atomic mass is 9.67. The van der Waals surface area contributed by atoms with Gasteiger partial charge in [-0.05, 0) is 24.3 Å². The molecule has 1 aliphatic carbocycles. The van der Waals surface area contributed by atoms with E-state index in [2.05, 4.69) is 69.1 Å². The van der Waals surface area contributed by atoms with E-state index in [0.717, 1.165) is 5.92 Å². The van der Waals surface area contributed by atoms with Crippen LogP contribution >= 0.6 is 31.9 Å². The fourth-order valence-electron chi connectivity index (χ4n) is 3.04. The number of alkyl halides is 2. The third-order valence-electron chi connectivity index (χ3n) is 4.30. The zero-order valence-electron chi connectivity index (χ0n) is 10.3. The van der Waals surface area contributed by atoms with Crippen molar-refractivity contribution in [3.8, 4) is 0 Å². The van der Waals surface area contributed by atoms with Crippen molar-refractivity contribution in [3.05, 3.63) is 35.9 Å². The number of rotatable bonds is 3. The van der Waals surface area contributed by atoms with E-state index < -0.39 is 0 Å². The van der Waals surface area contributed by atoms with E-state index in [9.17, 15) is 0 Å². The van der Waals surface area contributed by atoms with Crippen LogP contribution in [0.25, 0.3) is 0 Å². The maximum Gasteiger partial charge on any atom is 0.0794 e. The number of hydrogen-bond acceptors (Lipinski definition) is 0. The van der Waals surface area contributed by atoms with E-state index in [4.69, 9.17) is 0 Å². The molecule has 0 saturated heterocycles. The highest BCUT2D eigenvalue weighted by Gasteiger charge is 2.40. The third kappa shape index (κ3) is 2.78. The molecule has 1 unspecified atom stereocenters. The molecule has 0 aliphatic heterocycles. The van der Waals surface area contributed by atoms with E-state index in [-0.39, 0.29) is 5.41 Å². The molecule has 1 atom stereocenters. The molecule has 1 aliphatic rings. The minimum absolute atomic E-state index is 0.196. The Hall–Kier alpha value is 0.180. The Morgan fingerprint density at radius 3 is 2.18 bits per heavy atom. The van der Waals surface area contributed by atoms with Crippen molar-refractivity contribution in [2.45, 2.75) is 48.2 Å². The molecule has 1 saturated carbocycles. The van der Waals surface area contributed by atoms with Gasteiger partial charge in [-0.25, -0.2) is 0 Å². The fourth-order valence-corrected chi connectivity index (χ4v) is 4.32. The van der Waals surface area contributed by atoms with Gasteiger partial charge in [0, 0.05) is 5.41 Å². The Morgan fingerprint density at radius 2 is 1.65 bits per heavy atom. The van der Waals surface area contributed by atoms with Crippen LogP contribution in [0.1, 0.15) is 44.6 Å². The molecule has 0 bridgehead atoms. The Bertz CT molecular complexity index is 341. The lowest BCUT2D eigenvalue weighted by Gasteiger charge is -2.42. The molecular formula is C15H20Br2. The number of benzene rings is 1. The van der Waals surface area contributed by atoms with E-state index in [1.807, 2.05) is 0 Å². The van der Waals surface area contributed by atoms with Crippen LogP contribution in [0.2, 0.25) is 0 Å². The second kappa shape index (κ2) is 5.88. The van der Waals surface area contributed by atoms with Crippen LogP contribution in [-0.4, -0.2) is 3.74 Å². The summed E-state index contributed by atoms with van der Waals surface area (Å²) in [5, 5.41) is 0. The number of halogens is 2. The topological polar surface area (TPSA) is 0 Å². The predicted octanol–water partition coefficient (Wildman–Crippen LogP) is 5.64. The van der Waals surface area contributed by atoms with Crippen molar-refractivity contribution in [1.82, 2.24) is 0 Å². The second-order valence-electron chi connectivity index (χ2n) is 5.28. The summed E-state index contributed by atoms with van der Waals surface area (Å²) in [5.74, 6) is 0.780. The van der Waals surface area contributed by atoms with Crippen molar-refractivity contribution >= 4 is 31.9 Å². The summed E-state index contributed by atoms with van der Waals surface area (Å²) in [4.78, 5) is 0. The van der Waals surface area contributed by atoms with Gasteiger partial charge in [0.2, 0.25) is 0 Å². The van der Waals surface area contributed by atoms with Gasteiger partial charge in [-0.15, -0.1) is 0 Å². The van der Waals surface area contributed by atoms with Gasteiger partial charge < -0.3 is 0 Å². The van der Waals surface area contributed by atoms with E-state index >= 15 is 0 Å². The maximum atomic E-state index is 3.79. The zero-order chi connectivity index (χ0) is 12.3. The molecule has 1 aromatic rings. The highest BCUT2D eigenvalue weighted by atomic mass is 79.9. The minimum atomic E-state index is 0.196. The summed E-state index contributed by atoms with van der Waals surface area (Å²) < 4.78 is 0.341. The highest BCUT2D eigenvalue weighted by molar-refractivity contribution is 9.24. The van der Waals surface area contributed by atoms with Crippen LogP contribution in [0.3, 0.4) is 0 Å². The molecule has 0 radical (unpaired) electrons. The van der Waals surface area contributed by atoms with E-state index in [1.54, 1.807) is 0 Å². The Morgan fingerprint density at radius 1 is 1.06 bits per heavy atom. The summed E-state index contributed by atoms with van der Waals surface area (Å²) in [6, 6.07) is 10.9. The molecule has 1 fully saturated rings.